The fraction of sp³-hybridized carbons (Fsp3) is 0.875. The molecule has 0 saturated carbocycles. The van der Waals surface area contributed by atoms with E-state index in [4.69, 9.17) is 75.8 Å². The monoisotopic (exact) mass is 1470 g/mol. The van der Waals surface area contributed by atoms with E-state index in [9.17, 15) is 127 Å². The van der Waals surface area contributed by atoms with Crippen LogP contribution in [-0.4, -0.2) is 421 Å². The van der Waals surface area contributed by atoms with Crippen LogP contribution in [0.4, 0.5) is 0 Å². The van der Waals surface area contributed by atoms with Crippen LogP contribution < -0.4 is 34.7 Å². The summed E-state index contributed by atoms with van der Waals surface area (Å²) in [6.07, 6.45) is -82.9. The smallest absolute Gasteiger partial charge is 0.550 e. The van der Waals surface area contributed by atoms with Gasteiger partial charge in [-0.2, -0.15) is 0 Å². The van der Waals surface area contributed by atoms with Crippen molar-refractivity contribution in [3.05, 3.63) is 29.8 Å². The zero-order chi connectivity index (χ0) is 71.0. The summed E-state index contributed by atoms with van der Waals surface area (Å²) in [6, 6.07) is 6.01. The average molecular weight is 1470 g/mol. The first-order chi connectivity index (χ1) is 46.7. The van der Waals surface area contributed by atoms with Gasteiger partial charge in [0.15, 0.2) is 50.3 Å². The second-order valence-electron chi connectivity index (χ2n) is 24.8. The van der Waals surface area contributed by atoms with Crippen LogP contribution in [0.25, 0.3) is 0 Å². The third-order valence-corrected chi connectivity index (χ3v) is 19.5. The van der Waals surface area contributed by atoms with Gasteiger partial charge in [0.1, 0.15) is 189 Å². The zero-order valence-electron chi connectivity index (χ0n) is 52.3. The number of aliphatic hydroxyl groups excluding tert-OH is 23. The molecule has 30 saturated heterocycles. The molecule has 99 heavy (non-hydrogen) atoms. The first-order valence-electron chi connectivity index (χ1n) is 31.2. The van der Waals surface area contributed by atoms with Crippen LogP contribution in [0.15, 0.2) is 29.2 Å². The summed E-state index contributed by atoms with van der Waals surface area (Å²) in [5.41, 5.74) is 0.290. The van der Waals surface area contributed by atoms with Gasteiger partial charge < -0.3 is 203 Å². The molecule has 30 fully saturated rings. The maximum absolute atomic E-state index is 11.9. The van der Waals surface area contributed by atoms with Crippen LogP contribution >= 0.6 is 11.8 Å². The Hall–Kier alpha value is -1.52. The van der Waals surface area contributed by atoms with E-state index in [1.807, 2.05) is 0 Å². The number of hydrogen-bond donors (Lipinski definition) is 23. The van der Waals surface area contributed by atoms with Gasteiger partial charge in [0.05, 0.1) is 52.4 Å². The Balaban J connectivity index is 0.0000114. The molecular weight excluding hydrogens is 1380 g/mol. The van der Waals surface area contributed by atoms with Crippen molar-refractivity contribution < 1.29 is 233 Å². The number of rotatable bonds is 12. The van der Waals surface area contributed by atoms with Gasteiger partial charge in [-0.05, 0) is 17.7 Å². The van der Waals surface area contributed by atoms with Crippen molar-refractivity contribution in [2.45, 2.75) is 257 Å². The minimum Gasteiger partial charge on any atom is -0.550 e. The van der Waals surface area contributed by atoms with E-state index in [1.54, 1.807) is 6.07 Å². The molecule has 30 heterocycles. The standard InChI is InChI=1S/C56H86O41S.Na/c57-6-16-41-25(66)33(74)49(82-16)91-42-17(7-58)84-51(35(76)27(42)68)93-44-19(9-60)86-53(37(78)29(44)70)95-46-21(11-62)88-55(39(80)31(46)72)97-48-23(13-98-15-3-1-2-14(4-15)5-24(64)65)89-56(40(81)32(48)73)96-47-22(12-63)87-54(38(79)30(47)71)94-45-20(10-61)85-52(36(77)28(45)69)92-43-18(8-59)83-50(90-41)34(75)26(43)67;/h1-4,16-23,25-63,66-81H,5-13H2,(H,64,65);/q;+1/p-1/t16-,17-,18-,19-,20-,21-,22-,23-,25-,26-,27-,28-,29-,30-,31-,32-,33-,34-,35-,36-,37-,38-,39-,40-,41-,42-,43-,44-,45-,46-,47-,48-,49-,50-,51-,52-,53-,54-,55-,56-;/m1./s1. The molecule has 40 atom stereocenters. The van der Waals surface area contributed by atoms with Crippen LogP contribution in [0.1, 0.15) is 5.56 Å². The van der Waals surface area contributed by atoms with Crippen LogP contribution in [-0.2, 0) is 87.0 Å². The van der Waals surface area contributed by atoms with E-state index >= 15 is 0 Å². The van der Waals surface area contributed by atoms with E-state index in [0.717, 1.165) is 11.8 Å². The van der Waals surface area contributed by atoms with Crippen molar-refractivity contribution in [1.29, 1.82) is 0 Å². The largest absolute Gasteiger partial charge is 1.00 e. The molecule has 16 bridgehead atoms. The molecule has 562 valence electrons. The zero-order valence-corrected chi connectivity index (χ0v) is 55.1. The summed E-state index contributed by atoms with van der Waals surface area (Å²) in [7, 11) is 0. The third kappa shape index (κ3) is 17.2. The van der Waals surface area contributed by atoms with Gasteiger partial charge in [-0.15, -0.1) is 11.8 Å². The molecule has 0 aliphatic carbocycles. The number of carboxylic acid groups (broad SMARTS) is 1. The van der Waals surface area contributed by atoms with E-state index in [-0.39, 0.29) is 35.3 Å². The van der Waals surface area contributed by atoms with Gasteiger partial charge in [0.2, 0.25) is 0 Å². The quantitative estimate of drug-likeness (QED) is 0.0682. The van der Waals surface area contributed by atoms with E-state index in [1.165, 1.54) is 18.2 Å². The Morgan fingerprint density at radius 3 is 0.687 bits per heavy atom. The van der Waals surface area contributed by atoms with Crippen LogP contribution in [0, 0.1) is 0 Å². The van der Waals surface area contributed by atoms with Gasteiger partial charge in [-0.3, -0.25) is 0 Å². The predicted octanol–water partition coefficient (Wildman–Crippen LogP) is -19.3. The molecule has 30 aliphatic heterocycles. The van der Waals surface area contributed by atoms with Crippen molar-refractivity contribution in [2.75, 3.05) is 52.0 Å². The number of hydrogen-bond acceptors (Lipinski definition) is 42. The average Bonchev–Trinajstić information content (AvgIpc) is 0.778. The van der Waals surface area contributed by atoms with Crippen molar-refractivity contribution >= 4 is 17.7 Å². The van der Waals surface area contributed by atoms with Gasteiger partial charge >= 0.3 is 29.6 Å². The first kappa shape index (κ1) is 81.6. The molecule has 0 amide bonds. The number of carbonyl (C=O) groups is 1. The van der Waals surface area contributed by atoms with Gasteiger partial charge in [-0.25, -0.2) is 0 Å². The number of ether oxygens (including phenoxy) is 16. The van der Waals surface area contributed by atoms with Gasteiger partial charge in [-0.1, -0.05) is 12.1 Å². The summed E-state index contributed by atoms with van der Waals surface area (Å²) in [4.78, 5) is 11.9. The maximum atomic E-state index is 11.9. The summed E-state index contributed by atoms with van der Waals surface area (Å²) in [5.74, 6) is -1.75. The van der Waals surface area contributed by atoms with Gasteiger partial charge in [0, 0.05) is 23.0 Å². The fourth-order valence-electron chi connectivity index (χ4n) is 13.0. The van der Waals surface area contributed by atoms with E-state index in [2.05, 4.69) is 0 Å². The number of thioether (sulfide) groups is 1. The summed E-state index contributed by atoms with van der Waals surface area (Å²) < 4.78 is 92.9. The van der Waals surface area contributed by atoms with E-state index < -0.39 is 304 Å². The molecule has 0 spiro atoms. The number of carbonyl (C=O) groups excluding carboxylic acids is 1. The molecule has 31 rings (SSSR count). The minimum absolute atomic E-state index is 0. The summed E-state index contributed by atoms with van der Waals surface area (Å²) in [5, 5.41) is 270. The molecule has 23 N–H and O–H groups in total. The topological polar surface area (TPSA) is 653 Å². The fourth-order valence-corrected chi connectivity index (χ4v) is 14.0. The molecule has 43 heteroatoms. The van der Waals surface area contributed by atoms with Crippen LogP contribution in [0.3, 0.4) is 0 Å². The molecule has 1 aromatic carbocycles. The number of benzene rings is 1. The van der Waals surface area contributed by atoms with Crippen molar-refractivity contribution in [3.8, 4) is 0 Å². The van der Waals surface area contributed by atoms with Crippen LogP contribution in [0.5, 0.6) is 0 Å². The Bertz CT molecular complexity index is 2660. The second-order valence-corrected chi connectivity index (χ2v) is 25.9. The molecule has 0 radical (unpaired) electrons. The maximum Gasteiger partial charge on any atom is 1.00 e. The van der Waals surface area contributed by atoms with Crippen molar-refractivity contribution in [3.63, 3.8) is 0 Å². The second kappa shape index (κ2) is 35.5. The third-order valence-electron chi connectivity index (χ3n) is 18.4. The summed E-state index contributed by atoms with van der Waals surface area (Å²) in [6.45, 7) is -7.65. The van der Waals surface area contributed by atoms with E-state index in [0.29, 0.717) is 10.5 Å². The molecule has 0 unspecified atom stereocenters. The molecular formula is C56H85NaO41S. The van der Waals surface area contributed by atoms with Crippen molar-refractivity contribution in [1.82, 2.24) is 0 Å². The number of aliphatic hydroxyl groups is 23. The number of aliphatic carboxylic acids is 1. The minimum atomic E-state index is -2.28. The molecule has 41 nitrogen and oxygen atoms in total. The molecule has 30 aliphatic rings. The molecule has 1 aromatic rings. The normalized spacial score (nSPS) is 50.3. The Labute approximate surface area is 586 Å². The molecule has 0 aromatic heterocycles. The Morgan fingerprint density at radius 2 is 0.495 bits per heavy atom. The van der Waals surface area contributed by atoms with Crippen LogP contribution in [0.2, 0.25) is 0 Å². The Morgan fingerprint density at radius 1 is 0.303 bits per heavy atom. The number of carboxylic acids is 1. The first-order valence-corrected chi connectivity index (χ1v) is 32.2. The van der Waals surface area contributed by atoms with Crippen molar-refractivity contribution in [2.24, 2.45) is 0 Å². The van der Waals surface area contributed by atoms with Gasteiger partial charge in [0.25, 0.3) is 0 Å². The predicted molar refractivity (Wildman–Crippen MR) is 300 cm³/mol. The Kier molecular flexibility index (Phi) is 29.2. The SMILES string of the molecule is O=C([O-])Cc1cccc(SC[C@H]2O[C@@H]3O[C@H]4[C@H](O)[C@@H](O)[C@@H](O[C@H]5[C@H](O)[C@@H](O)[C@@H](O[C@H]6[C@H](O)[C@@H](O)[C@@H](O[C@H]7[C@H](O)[C@@H](O)[C@@H](O[C@H]8[C@H](O)[C@@H](O)[C@@H](O[C@H]9[C@H](O)[C@@H](O)[C@@H](O[C@H]%10[C@H](O)[C@@H](O)[C@@H](O[C@H]2[C@H](O)[C@H]3O)O[C@@H]%10CO)O[C@@H]9CO)O[C@@H]8CO)O[C@@H]7CO)O[C@@H]6CO)O[C@@H]5CO)O[C@@H]4CO)c1.[Na+]. The summed E-state index contributed by atoms with van der Waals surface area (Å²) >= 11 is 0.947.